The van der Waals surface area contributed by atoms with Gasteiger partial charge in [0, 0.05) is 88.5 Å². The van der Waals surface area contributed by atoms with Gasteiger partial charge in [0.2, 0.25) is 76.8 Å². The lowest BCUT2D eigenvalue weighted by Gasteiger charge is -2.45. The number of alkyl halides is 3. The molecule has 10 atom stereocenters. The summed E-state index contributed by atoms with van der Waals surface area (Å²) in [6, 6.07) is -8.64. The molecule has 8 rings (SSSR count). The SMILES string of the molecule is CC[C@H](C)[C@@H]1NC(=O)[C@H](CC(C)C)N(C)C(=O)C[C@@H](C(=O)N2CCOCC2)N(C)C(=O)[C@H](C2CCCC2)N(C)C(=O)C2(CCCC2)NC(=O)[C@H](CCC(=O)N2CCCCC2)N(C)C(=O)[C@H](CCc2ccc(C(F)(F)F)c(Cl)c2)NC(=O)CN(C)C(=O)[C@H](CC2CCCCC2)N(C)C(=O)C2CCN2C(=O)[C@H](C)N(C)C1=O. The maximum Gasteiger partial charge on any atom is 0.417 e. The van der Waals surface area contributed by atoms with E-state index in [1.165, 1.54) is 96.6 Å². The lowest BCUT2D eigenvalue weighted by atomic mass is 9.84. The van der Waals surface area contributed by atoms with Crippen LogP contribution >= 0.6 is 11.6 Å². The Morgan fingerprint density at radius 1 is 0.627 bits per heavy atom. The molecule has 614 valence electrons. The molecule has 0 radical (unpaired) electrons. The number of hydrogen-bond donors (Lipinski definition) is 3. The van der Waals surface area contributed by atoms with Crippen molar-refractivity contribution < 1.29 is 80.2 Å². The summed E-state index contributed by atoms with van der Waals surface area (Å²) in [6.45, 7) is 9.82. The molecular weight excluding hydrogens is 1450 g/mol. The zero-order valence-corrected chi connectivity index (χ0v) is 67.5. The largest absolute Gasteiger partial charge is 0.417 e. The van der Waals surface area contributed by atoms with E-state index in [9.17, 15) is 37.1 Å². The lowest BCUT2D eigenvalue weighted by Crippen LogP contribution is -2.65. The fraction of sp³-hybridized carbons (Fsp3) is 0.759. The van der Waals surface area contributed by atoms with Gasteiger partial charge in [-0.1, -0.05) is 110 Å². The fourth-order valence-corrected chi connectivity index (χ4v) is 17.5. The quantitative estimate of drug-likeness (QED) is 0.191. The minimum absolute atomic E-state index is 0.0110. The number of amides is 13. The number of hydrogen-bond acceptors (Lipinski definition) is 14. The second-order valence-corrected chi connectivity index (χ2v) is 33.0. The molecular formula is C79H121ClF3N13O14. The number of halogens is 4. The van der Waals surface area contributed by atoms with Crippen LogP contribution in [0.3, 0.4) is 0 Å². The minimum atomic E-state index is -4.80. The number of likely N-dealkylation sites (N-methyl/N-ethyl adjacent to an activating group) is 7. The summed E-state index contributed by atoms with van der Waals surface area (Å²) < 4.78 is 47.8. The number of aryl methyl sites for hydroxylation is 1. The number of likely N-dealkylation sites (tertiary alicyclic amines) is 1. The third kappa shape index (κ3) is 21.4. The summed E-state index contributed by atoms with van der Waals surface area (Å²) in [7, 11) is 9.89. The van der Waals surface area contributed by atoms with E-state index in [0.717, 1.165) is 73.3 Å². The van der Waals surface area contributed by atoms with Crippen LogP contribution in [-0.4, -0.2) is 288 Å². The second kappa shape index (κ2) is 39.2. The van der Waals surface area contributed by atoms with Crippen molar-refractivity contribution in [3.8, 4) is 0 Å². The van der Waals surface area contributed by atoms with Crippen molar-refractivity contribution in [3.05, 3.63) is 34.3 Å². The van der Waals surface area contributed by atoms with Gasteiger partial charge < -0.3 is 69.7 Å². The van der Waals surface area contributed by atoms with Crippen LogP contribution in [0.2, 0.25) is 5.02 Å². The highest BCUT2D eigenvalue weighted by atomic mass is 35.5. The van der Waals surface area contributed by atoms with Crippen molar-refractivity contribution in [1.29, 1.82) is 0 Å². The van der Waals surface area contributed by atoms with Crippen molar-refractivity contribution in [3.63, 3.8) is 0 Å². The normalized spacial score (nSPS) is 27.5. The molecule has 7 fully saturated rings. The summed E-state index contributed by atoms with van der Waals surface area (Å²) in [5, 5.41) is 8.15. The van der Waals surface area contributed by atoms with Crippen LogP contribution in [0.4, 0.5) is 13.2 Å². The van der Waals surface area contributed by atoms with Crippen molar-refractivity contribution in [2.45, 2.75) is 261 Å². The number of carbonyl (C=O) groups is 13. The Labute approximate surface area is 651 Å². The molecule has 27 nitrogen and oxygen atoms in total. The molecule has 3 saturated carbocycles. The Morgan fingerprint density at radius 3 is 1.84 bits per heavy atom. The van der Waals surface area contributed by atoms with E-state index in [0.29, 0.717) is 58.0 Å². The first-order chi connectivity index (χ1) is 52.0. The minimum Gasteiger partial charge on any atom is -0.378 e. The number of rotatable bonds is 14. The van der Waals surface area contributed by atoms with Crippen LogP contribution in [0.5, 0.6) is 0 Å². The molecule has 3 N–H and O–H groups in total. The molecule has 7 aliphatic rings. The molecule has 4 saturated heterocycles. The Bertz CT molecular complexity index is 3470. The summed E-state index contributed by atoms with van der Waals surface area (Å²) in [5.41, 5.74) is -2.57. The van der Waals surface area contributed by atoms with Crippen LogP contribution in [0.1, 0.15) is 200 Å². The van der Waals surface area contributed by atoms with Crippen LogP contribution in [-0.2, 0) is 79.7 Å². The van der Waals surface area contributed by atoms with E-state index < -0.39 is 172 Å². The first-order valence-corrected chi connectivity index (χ1v) is 40.5. The van der Waals surface area contributed by atoms with E-state index in [1.807, 2.05) is 20.8 Å². The van der Waals surface area contributed by atoms with Gasteiger partial charge in [-0.25, -0.2) is 0 Å². The highest BCUT2D eigenvalue weighted by Gasteiger charge is 2.52. The number of morpholine rings is 1. The maximum atomic E-state index is 16.0. The first kappa shape index (κ1) is 87.9. The highest BCUT2D eigenvalue weighted by Crippen LogP contribution is 2.39. The van der Waals surface area contributed by atoms with E-state index >= 15 is 38.4 Å². The predicted octanol–water partition coefficient (Wildman–Crippen LogP) is 6.04. The van der Waals surface area contributed by atoms with Crippen LogP contribution < -0.4 is 16.0 Å². The molecule has 3 aliphatic carbocycles. The van der Waals surface area contributed by atoms with Crippen LogP contribution in [0.25, 0.3) is 0 Å². The maximum absolute atomic E-state index is 16.0. The smallest absolute Gasteiger partial charge is 0.378 e. The molecule has 1 aromatic carbocycles. The van der Waals surface area contributed by atoms with Crippen molar-refractivity contribution >= 4 is 88.4 Å². The van der Waals surface area contributed by atoms with Gasteiger partial charge in [-0.3, -0.25) is 62.3 Å². The van der Waals surface area contributed by atoms with Gasteiger partial charge in [0.25, 0.3) is 0 Å². The number of ether oxygens (including phenoxy) is 1. The molecule has 1 aromatic rings. The van der Waals surface area contributed by atoms with Crippen molar-refractivity contribution in [2.75, 3.05) is 102 Å². The van der Waals surface area contributed by atoms with Crippen LogP contribution in [0.15, 0.2) is 18.2 Å². The number of nitrogens with zero attached hydrogens (tertiary/aromatic N) is 10. The molecule has 4 aliphatic heterocycles. The van der Waals surface area contributed by atoms with E-state index in [2.05, 4.69) is 16.0 Å². The standard InChI is InChI=1S/C79H121ClF3N13O14/c1-13-50(4)66-75(107)88(7)51(5)70(102)96-39-34-59(96)73(105)91(10)61(46-52-24-16-14-17-25-52)72(104)87(6)48-63(97)84-57(31-29-53-28-30-55(56(80)45-53)79(81,82)83)71(103)90(9)58(32-33-64(98)94-37-22-15-23-38-94)69(101)86-78(35-20-21-36-78)77(109)93(12)67(54-26-18-19-27-54)76(108)92(11)62(74(106)95-40-42-110-43-41-95)47-65(99)89(8)60(44-49(2)3)68(100)85-66/h28,30,45,49-52,54,57-62,66-67H,13-27,29,31-44,46-48H2,1-12H3,(H,84,97)(H,85,100)(H,86,101)/t50-,51-,57-,58-,59?,60-,61-,62-,66-,67-/m0/s1. The monoisotopic (exact) mass is 1570 g/mol. The van der Waals surface area contributed by atoms with Gasteiger partial charge in [0.15, 0.2) is 0 Å². The van der Waals surface area contributed by atoms with Gasteiger partial charge in [0.05, 0.1) is 36.8 Å². The highest BCUT2D eigenvalue weighted by molar-refractivity contribution is 6.31. The Kier molecular flexibility index (Phi) is 31.4. The average Bonchev–Trinajstić information content (AvgIpc) is 1.36. The van der Waals surface area contributed by atoms with Gasteiger partial charge in [-0.15, -0.1) is 0 Å². The number of nitrogens with one attached hydrogen (secondary N) is 3. The van der Waals surface area contributed by atoms with E-state index in [4.69, 9.17) is 16.3 Å². The van der Waals surface area contributed by atoms with Gasteiger partial charge in [-0.2, -0.15) is 13.2 Å². The zero-order chi connectivity index (χ0) is 80.8. The zero-order valence-electron chi connectivity index (χ0n) is 66.8. The van der Waals surface area contributed by atoms with Gasteiger partial charge in [0.1, 0.15) is 59.9 Å². The molecule has 110 heavy (non-hydrogen) atoms. The third-order valence-electron chi connectivity index (χ3n) is 24.7. The number of benzene rings is 1. The fourth-order valence-electron chi connectivity index (χ4n) is 17.2. The summed E-state index contributed by atoms with van der Waals surface area (Å²) in [5.74, 6) is -9.79. The van der Waals surface area contributed by atoms with Gasteiger partial charge >= 0.3 is 6.18 Å². The Hall–Kier alpha value is -7.63. The average molecular weight is 1570 g/mol. The van der Waals surface area contributed by atoms with Crippen molar-refractivity contribution in [2.24, 2.45) is 23.7 Å². The molecule has 0 aromatic heterocycles. The Morgan fingerprint density at radius 2 is 1.25 bits per heavy atom. The number of carbonyl (C=O) groups excluding carboxylic acids is 13. The molecule has 13 amide bonds. The van der Waals surface area contributed by atoms with Gasteiger partial charge in [-0.05, 0) is 132 Å². The topological polar surface area (TPSA) is 300 Å². The molecule has 4 heterocycles. The van der Waals surface area contributed by atoms with E-state index in [-0.39, 0.29) is 114 Å². The summed E-state index contributed by atoms with van der Waals surface area (Å²) in [6.07, 6.45) is 4.57. The predicted molar refractivity (Wildman–Crippen MR) is 404 cm³/mol. The summed E-state index contributed by atoms with van der Waals surface area (Å²) >= 11 is 6.23. The van der Waals surface area contributed by atoms with E-state index in [1.54, 1.807) is 11.8 Å². The summed E-state index contributed by atoms with van der Waals surface area (Å²) in [4.78, 5) is 211. The number of fused-ring (bicyclic) bond motifs is 1. The lowest BCUT2D eigenvalue weighted by molar-refractivity contribution is -0.160. The third-order valence-corrected chi connectivity index (χ3v) is 25.0. The Balaban J connectivity index is 1.22. The molecule has 0 bridgehead atoms. The molecule has 1 spiro atoms. The van der Waals surface area contributed by atoms with Crippen molar-refractivity contribution in [1.82, 2.24) is 64.9 Å². The molecule has 1 unspecified atom stereocenters. The second-order valence-electron chi connectivity index (χ2n) is 32.6. The van der Waals surface area contributed by atoms with Crippen LogP contribution in [0, 0.1) is 23.7 Å². The first-order valence-electron chi connectivity index (χ1n) is 40.1. The molecule has 31 heteroatoms. The number of piperidine rings is 1.